The Kier molecular flexibility index (Phi) is 4.66. The molecular weight excluding hydrogens is 310 g/mol. The van der Waals surface area contributed by atoms with Crippen molar-refractivity contribution in [3.63, 3.8) is 0 Å². The lowest BCUT2D eigenvalue weighted by atomic mass is 10.1. The summed E-state index contributed by atoms with van der Waals surface area (Å²) in [5, 5.41) is 18.1. The molecule has 124 valence electrons. The van der Waals surface area contributed by atoms with Crippen molar-refractivity contribution in [2.45, 2.75) is 25.6 Å². The summed E-state index contributed by atoms with van der Waals surface area (Å²) >= 11 is 0. The van der Waals surface area contributed by atoms with Crippen molar-refractivity contribution in [3.8, 4) is 0 Å². The van der Waals surface area contributed by atoms with Gasteiger partial charge in [0.1, 0.15) is 5.69 Å². The van der Waals surface area contributed by atoms with Gasteiger partial charge < -0.3 is 14.7 Å². The van der Waals surface area contributed by atoms with Crippen molar-refractivity contribution in [2.24, 2.45) is 0 Å². The Balaban J connectivity index is 1.64. The average molecular weight is 327 g/mol. The highest BCUT2D eigenvalue weighted by molar-refractivity contribution is 5.15. The molecule has 0 saturated carbocycles. The summed E-state index contributed by atoms with van der Waals surface area (Å²) in [5.41, 5.74) is 0.259. The van der Waals surface area contributed by atoms with Crippen LogP contribution < -0.4 is 11.1 Å². The van der Waals surface area contributed by atoms with Gasteiger partial charge in [0.05, 0.1) is 25.4 Å². The van der Waals surface area contributed by atoms with E-state index >= 15 is 0 Å². The minimum absolute atomic E-state index is 0.150. The fraction of sp³-hybridized carbons (Fsp3) is 0.250. The predicted molar refractivity (Wildman–Crippen MR) is 86.6 cm³/mol. The van der Waals surface area contributed by atoms with Gasteiger partial charge in [-0.2, -0.15) is 0 Å². The van der Waals surface area contributed by atoms with E-state index in [0.29, 0.717) is 18.7 Å². The minimum atomic E-state index is -0.678. The summed E-state index contributed by atoms with van der Waals surface area (Å²) in [6, 6.07) is 9.69. The van der Waals surface area contributed by atoms with Crippen LogP contribution in [0.2, 0.25) is 0 Å². The second-order valence-corrected chi connectivity index (χ2v) is 5.50. The molecule has 2 N–H and O–H groups in total. The fourth-order valence-corrected chi connectivity index (χ4v) is 2.43. The first-order valence-corrected chi connectivity index (χ1v) is 7.51. The molecule has 0 bridgehead atoms. The number of rotatable bonds is 6. The van der Waals surface area contributed by atoms with Crippen LogP contribution >= 0.6 is 0 Å². The van der Waals surface area contributed by atoms with E-state index in [1.54, 1.807) is 6.20 Å². The number of nitrogens with zero attached hydrogens (tertiary/aromatic N) is 4. The Labute approximate surface area is 137 Å². The third-order valence-electron chi connectivity index (χ3n) is 3.55. The van der Waals surface area contributed by atoms with Crippen molar-refractivity contribution in [2.75, 3.05) is 0 Å². The van der Waals surface area contributed by atoms with Gasteiger partial charge >= 0.3 is 11.1 Å². The highest BCUT2D eigenvalue weighted by Crippen LogP contribution is 2.05. The zero-order valence-corrected chi connectivity index (χ0v) is 12.9. The first-order valence-electron chi connectivity index (χ1n) is 7.51. The molecule has 0 unspecified atom stereocenters. The Morgan fingerprint density at radius 3 is 2.79 bits per heavy atom. The number of H-pyrrole nitrogens is 1. The minimum Gasteiger partial charge on any atom is -0.391 e. The van der Waals surface area contributed by atoms with Crippen molar-refractivity contribution in [1.82, 2.24) is 24.5 Å². The quantitative estimate of drug-likeness (QED) is 0.609. The van der Waals surface area contributed by atoms with Crippen LogP contribution in [0.3, 0.4) is 0 Å². The van der Waals surface area contributed by atoms with E-state index in [9.17, 15) is 14.7 Å². The zero-order valence-electron chi connectivity index (χ0n) is 12.9. The standard InChI is InChI=1S/C16H17N5O3/c22-14(8-12-4-2-1-3-5-12)11-21-10-13(18-19-21)9-20-7-6-17-15(23)16(20)24/h1-7,10,14,22H,8-9,11H2,(H,17,23)/t14-/m0/s1. The van der Waals surface area contributed by atoms with Crippen LogP contribution in [0.4, 0.5) is 0 Å². The predicted octanol–water partition coefficient (Wildman–Crippen LogP) is -0.220. The molecule has 0 radical (unpaired) electrons. The number of hydrogen-bond acceptors (Lipinski definition) is 5. The van der Waals surface area contributed by atoms with Crippen molar-refractivity contribution < 1.29 is 5.11 Å². The summed E-state index contributed by atoms with van der Waals surface area (Å²) < 4.78 is 2.79. The average Bonchev–Trinajstić information content (AvgIpc) is 2.99. The molecule has 0 aliphatic carbocycles. The number of benzene rings is 1. The first-order chi connectivity index (χ1) is 11.6. The van der Waals surface area contributed by atoms with Crippen LogP contribution in [-0.4, -0.2) is 35.8 Å². The molecule has 0 fully saturated rings. The molecule has 3 rings (SSSR count). The maximum atomic E-state index is 11.7. The summed E-state index contributed by atoms with van der Waals surface area (Å²) in [7, 11) is 0. The molecule has 1 atom stereocenters. The highest BCUT2D eigenvalue weighted by Gasteiger charge is 2.10. The smallest absolute Gasteiger partial charge is 0.316 e. The van der Waals surface area contributed by atoms with E-state index < -0.39 is 17.2 Å². The normalized spacial score (nSPS) is 12.2. The van der Waals surface area contributed by atoms with E-state index in [1.807, 2.05) is 30.3 Å². The summed E-state index contributed by atoms with van der Waals surface area (Å²) in [4.78, 5) is 25.3. The molecule has 0 aliphatic heterocycles. The number of aliphatic hydroxyl groups excluding tert-OH is 1. The van der Waals surface area contributed by atoms with Gasteiger partial charge in [0.2, 0.25) is 0 Å². The van der Waals surface area contributed by atoms with E-state index in [-0.39, 0.29) is 6.54 Å². The monoisotopic (exact) mass is 327 g/mol. The summed E-state index contributed by atoms with van der Waals surface area (Å²) in [5.74, 6) is 0. The van der Waals surface area contributed by atoms with Gasteiger partial charge in [0.15, 0.2) is 0 Å². The van der Waals surface area contributed by atoms with E-state index in [4.69, 9.17) is 0 Å². The molecule has 3 aromatic rings. The van der Waals surface area contributed by atoms with Crippen LogP contribution in [0, 0.1) is 0 Å². The SMILES string of the molecule is O=c1[nH]ccn(Cc2cn(C[C@@H](O)Cc3ccccc3)nn2)c1=O. The van der Waals surface area contributed by atoms with E-state index in [1.165, 1.54) is 21.6 Å². The first kappa shape index (κ1) is 15.9. The second kappa shape index (κ2) is 7.05. The maximum Gasteiger partial charge on any atom is 0.316 e. The van der Waals surface area contributed by atoms with Crippen LogP contribution in [0.25, 0.3) is 0 Å². The largest absolute Gasteiger partial charge is 0.391 e. The zero-order chi connectivity index (χ0) is 16.9. The van der Waals surface area contributed by atoms with Gasteiger partial charge in [-0.05, 0) is 5.56 Å². The van der Waals surface area contributed by atoms with Crippen molar-refractivity contribution in [1.29, 1.82) is 0 Å². The van der Waals surface area contributed by atoms with Gasteiger partial charge in [-0.25, -0.2) is 4.68 Å². The molecule has 0 saturated heterocycles. The molecule has 1 aromatic carbocycles. The lowest BCUT2D eigenvalue weighted by Gasteiger charge is -2.09. The fourth-order valence-electron chi connectivity index (χ4n) is 2.43. The third kappa shape index (κ3) is 3.85. The topological polar surface area (TPSA) is 106 Å². The Hall–Kier alpha value is -3.00. The van der Waals surface area contributed by atoms with Crippen molar-refractivity contribution in [3.05, 3.63) is 80.9 Å². The number of hydrogen-bond donors (Lipinski definition) is 2. The van der Waals surface area contributed by atoms with E-state index in [2.05, 4.69) is 15.3 Å². The molecule has 8 heteroatoms. The number of aromatic amines is 1. The molecular formula is C16H17N5O3. The van der Waals surface area contributed by atoms with Gasteiger partial charge in [-0.1, -0.05) is 35.5 Å². The van der Waals surface area contributed by atoms with E-state index in [0.717, 1.165) is 5.56 Å². The van der Waals surface area contributed by atoms with Crippen LogP contribution in [-0.2, 0) is 19.5 Å². The van der Waals surface area contributed by atoms with Gasteiger partial charge in [0, 0.05) is 18.8 Å². The third-order valence-corrected chi connectivity index (χ3v) is 3.55. The van der Waals surface area contributed by atoms with Crippen LogP contribution in [0.15, 0.2) is 58.5 Å². The molecule has 0 spiro atoms. The second-order valence-electron chi connectivity index (χ2n) is 5.50. The number of nitrogens with one attached hydrogen (secondary N) is 1. The van der Waals surface area contributed by atoms with Gasteiger partial charge in [-0.3, -0.25) is 9.59 Å². The lowest BCUT2D eigenvalue weighted by molar-refractivity contribution is 0.148. The van der Waals surface area contributed by atoms with Crippen LogP contribution in [0.1, 0.15) is 11.3 Å². The Morgan fingerprint density at radius 2 is 2.00 bits per heavy atom. The lowest BCUT2D eigenvalue weighted by Crippen LogP contribution is -2.35. The maximum absolute atomic E-state index is 11.7. The Bertz CT molecular complexity index is 913. The highest BCUT2D eigenvalue weighted by atomic mass is 16.3. The van der Waals surface area contributed by atoms with Crippen molar-refractivity contribution >= 4 is 0 Å². The summed E-state index contributed by atoms with van der Waals surface area (Å²) in [6.45, 7) is 0.448. The van der Waals surface area contributed by atoms with Crippen LogP contribution in [0.5, 0.6) is 0 Å². The molecule has 8 nitrogen and oxygen atoms in total. The molecule has 2 aromatic heterocycles. The molecule has 0 aliphatic rings. The molecule has 2 heterocycles. The molecule has 24 heavy (non-hydrogen) atoms. The number of aromatic nitrogens is 5. The van der Waals surface area contributed by atoms with Gasteiger partial charge in [-0.15, -0.1) is 5.10 Å². The van der Waals surface area contributed by atoms with Gasteiger partial charge in [0.25, 0.3) is 0 Å². The number of aliphatic hydroxyl groups is 1. The Morgan fingerprint density at radius 1 is 1.21 bits per heavy atom. The molecule has 0 amide bonds. The summed E-state index contributed by atoms with van der Waals surface area (Å²) in [6.07, 6.45) is 4.46.